The molecular formula is C31H29N3O3. The lowest BCUT2D eigenvalue weighted by Gasteiger charge is -2.36. The Morgan fingerprint density at radius 3 is 2.00 bits per heavy atom. The van der Waals surface area contributed by atoms with Gasteiger partial charge in [-0.3, -0.25) is 14.4 Å². The SMILES string of the molecule is O=C(NC(Cc1ccccc1)C(=O)N1CCN(C(=O)c2cccc3ccccc23)CC1)c1ccccc1. The Balaban J connectivity index is 1.28. The first-order chi connectivity index (χ1) is 18.1. The molecule has 0 saturated carbocycles. The van der Waals surface area contributed by atoms with Gasteiger partial charge in [-0.15, -0.1) is 0 Å². The molecule has 37 heavy (non-hydrogen) atoms. The maximum absolute atomic E-state index is 13.6. The Morgan fingerprint density at radius 1 is 0.676 bits per heavy atom. The minimum atomic E-state index is -0.699. The van der Waals surface area contributed by atoms with Crippen LogP contribution in [0.5, 0.6) is 0 Å². The lowest BCUT2D eigenvalue weighted by Crippen LogP contribution is -2.56. The largest absolute Gasteiger partial charge is 0.340 e. The van der Waals surface area contributed by atoms with Crippen LogP contribution in [0.1, 0.15) is 26.3 Å². The molecule has 6 heteroatoms. The normalized spacial score (nSPS) is 14.3. The summed E-state index contributed by atoms with van der Waals surface area (Å²) in [7, 11) is 0. The van der Waals surface area contributed by atoms with Gasteiger partial charge in [0.1, 0.15) is 6.04 Å². The standard InChI is InChI=1S/C31H29N3O3/c35-29(25-13-5-2-6-14-25)32-28(22-23-10-3-1-4-11-23)31(37)34-20-18-33(19-21-34)30(36)27-17-9-15-24-12-7-8-16-26(24)27/h1-17,28H,18-22H2,(H,32,35). The topological polar surface area (TPSA) is 69.7 Å². The number of hydrogen-bond acceptors (Lipinski definition) is 3. The van der Waals surface area contributed by atoms with Gasteiger partial charge in [0.05, 0.1) is 0 Å². The average molecular weight is 492 g/mol. The zero-order valence-corrected chi connectivity index (χ0v) is 20.5. The summed E-state index contributed by atoms with van der Waals surface area (Å²) in [6.07, 6.45) is 0.396. The third-order valence-corrected chi connectivity index (χ3v) is 6.82. The summed E-state index contributed by atoms with van der Waals surface area (Å²) < 4.78 is 0. The molecule has 1 saturated heterocycles. The lowest BCUT2D eigenvalue weighted by molar-refractivity contribution is -0.134. The number of carbonyl (C=O) groups is 3. The third-order valence-electron chi connectivity index (χ3n) is 6.82. The van der Waals surface area contributed by atoms with E-state index >= 15 is 0 Å². The van der Waals surface area contributed by atoms with Gasteiger partial charge in [-0.25, -0.2) is 0 Å². The van der Waals surface area contributed by atoms with Crippen LogP contribution in [0.4, 0.5) is 0 Å². The van der Waals surface area contributed by atoms with Crippen molar-refractivity contribution in [2.75, 3.05) is 26.2 Å². The first kappa shape index (κ1) is 24.3. The zero-order chi connectivity index (χ0) is 25.6. The molecule has 1 unspecified atom stereocenters. The first-order valence-electron chi connectivity index (χ1n) is 12.6. The van der Waals surface area contributed by atoms with Crippen molar-refractivity contribution in [2.45, 2.75) is 12.5 Å². The molecule has 6 nitrogen and oxygen atoms in total. The number of piperazine rings is 1. The summed E-state index contributed by atoms with van der Waals surface area (Å²) in [4.78, 5) is 43.4. The molecule has 1 N–H and O–H groups in total. The van der Waals surface area contributed by atoms with Gasteiger partial charge in [0.2, 0.25) is 5.91 Å². The molecule has 1 fully saturated rings. The van der Waals surface area contributed by atoms with Crippen LogP contribution in [0.15, 0.2) is 103 Å². The van der Waals surface area contributed by atoms with E-state index in [1.54, 1.807) is 34.1 Å². The summed E-state index contributed by atoms with van der Waals surface area (Å²) in [6, 6.07) is 31.5. The molecule has 0 radical (unpaired) electrons. The first-order valence-corrected chi connectivity index (χ1v) is 12.6. The van der Waals surface area contributed by atoms with Crippen LogP contribution in [0, 0.1) is 0 Å². The van der Waals surface area contributed by atoms with E-state index in [-0.39, 0.29) is 17.7 Å². The highest BCUT2D eigenvalue weighted by Gasteiger charge is 2.31. The predicted molar refractivity (Wildman–Crippen MR) is 144 cm³/mol. The minimum absolute atomic E-state index is 0.0258. The number of rotatable bonds is 6. The quantitative estimate of drug-likeness (QED) is 0.440. The second-order valence-electron chi connectivity index (χ2n) is 9.23. The van der Waals surface area contributed by atoms with Crippen LogP contribution in [0.25, 0.3) is 10.8 Å². The van der Waals surface area contributed by atoms with Gasteiger partial charge in [0, 0.05) is 43.7 Å². The number of amides is 3. The summed E-state index contributed by atoms with van der Waals surface area (Å²) in [5, 5.41) is 4.91. The molecule has 1 atom stereocenters. The van der Waals surface area contributed by atoms with Crippen molar-refractivity contribution in [3.8, 4) is 0 Å². The molecule has 0 spiro atoms. The fraction of sp³-hybridized carbons (Fsp3) is 0.194. The molecule has 4 aromatic carbocycles. The summed E-state index contributed by atoms with van der Waals surface area (Å²) in [6.45, 7) is 1.72. The molecule has 1 heterocycles. The van der Waals surface area contributed by atoms with Crippen molar-refractivity contribution < 1.29 is 14.4 Å². The van der Waals surface area contributed by atoms with Crippen LogP contribution in [0.3, 0.4) is 0 Å². The summed E-state index contributed by atoms with van der Waals surface area (Å²) in [5.41, 5.74) is 2.16. The number of carbonyl (C=O) groups excluding carboxylic acids is 3. The monoisotopic (exact) mass is 491 g/mol. The molecule has 0 aromatic heterocycles. The number of benzene rings is 4. The number of nitrogens with one attached hydrogen (secondary N) is 1. The van der Waals surface area contributed by atoms with Gasteiger partial charge in [0.25, 0.3) is 11.8 Å². The van der Waals surface area contributed by atoms with Crippen molar-refractivity contribution in [3.05, 3.63) is 120 Å². The summed E-state index contributed by atoms with van der Waals surface area (Å²) >= 11 is 0. The van der Waals surface area contributed by atoms with Crippen molar-refractivity contribution in [1.82, 2.24) is 15.1 Å². The number of fused-ring (bicyclic) bond motifs is 1. The average Bonchev–Trinajstić information content (AvgIpc) is 2.97. The fourth-order valence-electron chi connectivity index (χ4n) is 4.81. The molecular weight excluding hydrogens is 462 g/mol. The Hall–Kier alpha value is -4.45. The minimum Gasteiger partial charge on any atom is -0.340 e. The predicted octanol–water partition coefficient (Wildman–Crippen LogP) is 4.17. The van der Waals surface area contributed by atoms with E-state index in [4.69, 9.17) is 0 Å². The van der Waals surface area contributed by atoms with Crippen LogP contribution in [0.2, 0.25) is 0 Å². The second kappa shape index (κ2) is 11.1. The van der Waals surface area contributed by atoms with E-state index in [1.807, 2.05) is 78.9 Å². The van der Waals surface area contributed by atoms with E-state index in [2.05, 4.69) is 5.32 Å². The van der Waals surface area contributed by atoms with Gasteiger partial charge >= 0.3 is 0 Å². The smallest absolute Gasteiger partial charge is 0.254 e. The van der Waals surface area contributed by atoms with Crippen LogP contribution < -0.4 is 5.32 Å². The molecule has 4 aromatic rings. The van der Waals surface area contributed by atoms with E-state index in [0.29, 0.717) is 43.7 Å². The Bertz CT molecular complexity index is 1390. The van der Waals surface area contributed by atoms with Gasteiger partial charge in [0.15, 0.2) is 0 Å². The molecule has 5 rings (SSSR count). The van der Waals surface area contributed by atoms with Gasteiger partial charge in [-0.2, -0.15) is 0 Å². The highest BCUT2D eigenvalue weighted by molar-refractivity contribution is 6.07. The number of nitrogens with zero attached hydrogens (tertiary/aromatic N) is 2. The third kappa shape index (κ3) is 5.54. The Labute approximate surface area is 216 Å². The van der Waals surface area contributed by atoms with Crippen molar-refractivity contribution in [3.63, 3.8) is 0 Å². The van der Waals surface area contributed by atoms with E-state index in [9.17, 15) is 14.4 Å². The Morgan fingerprint density at radius 2 is 1.27 bits per heavy atom. The molecule has 1 aliphatic rings. The van der Waals surface area contributed by atoms with Crippen LogP contribution >= 0.6 is 0 Å². The van der Waals surface area contributed by atoms with Gasteiger partial charge in [-0.05, 0) is 34.5 Å². The molecule has 0 bridgehead atoms. The number of hydrogen-bond donors (Lipinski definition) is 1. The van der Waals surface area contributed by atoms with E-state index in [1.165, 1.54) is 0 Å². The molecule has 3 amide bonds. The van der Waals surface area contributed by atoms with Crippen LogP contribution in [-0.2, 0) is 11.2 Å². The highest BCUT2D eigenvalue weighted by atomic mass is 16.2. The van der Waals surface area contributed by atoms with E-state index in [0.717, 1.165) is 16.3 Å². The lowest BCUT2D eigenvalue weighted by atomic mass is 10.0. The molecule has 0 aliphatic carbocycles. The fourth-order valence-corrected chi connectivity index (χ4v) is 4.81. The maximum Gasteiger partial charge on any atom is 0.254 e. The van der Waals surface area contributed by atoms with Crippen LogP contribution in [-0.4, -0.2) is 59.7 Å². The summed E-state index contributed by atoms with van der Waals surface area (Å²) in [5.74, 6) is -0.438. The maximum atomic E-state index is 13.6. The van der Waals surface area contributed by atoms with Crippen molar-refractivity contribution in [2.24, 2.45) is 0 Å². The van der Waals surface area contributed by atoms with Gasteiger partial charge < -0.3 is 15.1 Å². The molecule has 186 valence electrons. The second-order valence-corrected chi connectivity index (χ2v) is 9.23. The van der Waals surface area contributed by atoms with Crippen molar-refractivity contribution in [1.29, 1.82) is 0 Å². The Kier molecular flexibility index (Phi) is 7.26. The van der Waals surface area contributed by atoms with Crippen molar-refractivity contribution >= 4 is 28.5 Å². The van der Waals surface area contributed by atoms with E-state index < -0.39 is 6.04 Å². The zero-order valence-electron chi connectivity index (χ0n) is 20.5. The molecule has 1 aliphatic heterocycles. The van der Waals surface area contributed by atoms with Gasteiger partial charge in [-0.1, -0.05) is 84.9 Å². The highest BCUT2D eigenvalue weighted by Crippen LogP contribution is 2.21.